The number of ether oxygens (including phenoxy) is 1. The molecule has 2 N–H and O–H groups in total. The molecule has 0 bridgehead atoms. The standard InChI is InChI=1S/C22H26N6O.HI/c1-16-26-27-21(28(16)2)15-24-22(23-14-17-8-4-3-5-9-17)25-19-12-13-29-20-11-7-6-10-18(19)20;/h3-11,19H,12-15H2,1-2H3,(H2,23,24,25);1H. The molecule has 8 heteroatoms. The van der Waals surface area contributed by atoms with Crippen LogP contribution in [0.2, 0.25) is 0 Å². The van der Waals surface area contributed by atoms with Gasteiger partial charge in [-0.15, -0.1) is 34.2 Å². The molecular formula is C22H27IN6O. The van der Waals surface area contributed by atoms with Crippen molar-refractivity contribution in [2.75, 3.05) is 6.61 Å². The first kappa shape index (κ1) is 22.1. The maximum Gasteiger partial charge on any atom is 0.192 e. The molecule has 1 atom stereocenters. The number of aryl methyl sites for hydroxylation is 1. The van der Waals surface area contributed by atoms with Crippen LogP contribution in [0.1, 0.15) is 35.2 Å². The van der Waals surface area contributed by atoms with Crippen LogP contribution in [0.25, 0.3) is 0 Å². The van der Waals surface area contributed by atoms with Crippen LogP contribution in [0.4, 0.5) is 0 Å². The minimum absolute atomic E-state index is 0. The minimum Gasteiger partial charge on any atom is -0.493 e. The molecule has 7 nitrogen and oxygen atoms in total. The van der Waals surface area contributed by atoms with E-state index in [1.54, 1.807) is 0 Å². The Hall–Kier alpha value is -2.62. The Morgan fingerprint density at radius 3 is 2.67 bits per heavy atom. The number of aromatic nitrogens is 3. The van der Waals surface area contributed by atoms with Gasteiger partial charge in [0.25, 0.3) is 0 Å². The van der Waals surface area contributed by atoms with Crippen molar-refractivity contribution in [3.63, 3.8) is 0 Å². The van der Waals surface area contributed by atoms with Gasteiger partial charge in [0.2, 0.25) is 0 Å². The lowest BCUT2D eigenvalue weighted by Crippen LogP contribution is -2.41. The van der Waals surface area contributed by atoms with Crippen LogP contribution in [0.5, 0.6) is 5.75 Å². The molecule has 2 heterocycles. The molecule has 2 aromatic carbocycles. The van der Waals surface area contributed by atoms with Crippen molar-refractivity contribution < 1.29 is 4.74 Å². The average molecular weight is 518 g/mol. The van der Waals surface area contributed by atoms with Gasteiger partial charge in [0.15, 0.2) is 11.8 Å². The SMILES string of the molecule is Cc1nnc(CNC(=NCc2ccccc2)NC2CCOc3ccccc32)n1C.I. The summed E-state index contributed by atoms with van der Waals surface area (Å²) in [5.74, 6) is 3.43. The van der Waals surface area contributed by atoms with Gasteiger partial charge in [0, 0.05) is 19.0 Å². The second-order valence-electron chi connectivity index (χ2n) is 7.10. The van der Waals surface area contributed by atoms with Gasteiger partial charge in [-0.1, -0.05) is 48.5 Å². The number of hydrogen-bond donors (Lipinski definition) is 2. The molecule has 0 radical (unpaired) electrons. The lowest BCUT2D eigenvalue weighted by atomic mass is 10.0. The Morgan fingerprint density at radius 1 is 1.13 bits per heavy atom. The summed E-state index contributed by atoms with van der Waals surface area (Å²) in [4.78, 5) is 4.81. The van der Waals surface area contributed by atoms with E-state index in [1.165, 1.54) is 0 Å². The van der Waals surface area contributed by atoms with E-state index in [9.17, 15) is 0 Å². The molecule has 4 rings (SSSR count). The van der Waals surface area contributed by atoms with E-state index in [1.807, 2.05) is 54.9 Å². The summed E-state index contributed by atoms with van der Waals surface area (Å²) in [5, 5.41) is 15.4. The van der Waals surface area contributed by atoms with Crippen LogP contribution >= 0.6 is 24.0 Å². The zero-order chi connectivity index (χ0) is 20.1. The smallest absolute Gasteiger partial charge is 0.192 e. The molecule has 30 heavy (non-hydrogen) atoms. The molecule has 3 aromatic rings. The third-order valence-electron chi connectivity index (χ3n) is 5.13. The van der Waals surface area contributed by atoms with Crippen molar-refractivity contribution in [1.82, 2.24) is 25.4 Å². The van der Waals surface area contributed by atoms with Crippen molar-refractivity contribution >= 4 is 29.9 Å². The van der Waals surface area contributed by atoms with Crippen LogP contribution in [0, 0.1) is 6.92 Å². The fourth-order valence-electron chi connectivity index (χ4n) is 3.33. The molecule has 0 saturated carbocycles. The largest absolute Gasteiger partial charge is 0.493 e. The van der Waals surface area contributed by atoms with Crippen LogP contribution < -0.4 is 15.4 Å². The first-order chi connectivity index (χ1) is 14.2. The zero-order valence-corrected chi connectivity index (χ0v) is 19.5. The third-order valence-corrected chi connectivity index (χ3v) is 5.13. The number of guanidine groups is 1. The molecule has 158 valence electrons. The zero-order valence-electron chi connectivity index (χ0n) is 17.2. The maximum atomic E-state index is 5.79. The topological polar surface area (TPSA) is 76.4 Å². The van der Waals surface area contributed by atoms with Gasteiger partial charge < -0.3 is 19.9 Å². The molecular weight excluding hydrogens is 491 g/mol. The quantitative estimate of drug-likeness (QED) is 0.307. The van der Waals surface area contributed by atoms with Crippen LogP contribution in [-0.2, 0) is 20.1 Å². The molecule has 0 aliphatic carbocycles. The Morgan fingerprint density at radius 2 is 1.90 bits per heavy atom. The summed E-state index contributed by atoms with van der Waals surface area (Å²) in [6.45, 7) is 3.77. The summed E-state index contributed by atoms with van der Waals surface area (Å²) in [7, 11) is 1.97. The number of fused-ring (bicyclic) bond motifs is 1. The van der Waals surface area contributed by atoms with E-state index in [0.717, 1.165) is 40.9 Å². The van der Waals surface area contributed by atoms with Gasteiger partial charge in [-0.05, 0) is 18.6 Å². The summed E-state index contributed by atoms with van der Waals surface area (Å²) in [5.41, 5.74) is 2.32. The molecule has 1 unspecified atom stereocenters. The van der Waals surface area contributed by atoms with Gasteiger partial charge in [-0.3, -0.25) is 0 Å². The Kier molecular flexibility index (Phi) is 7.67. The van der Waals surface area contributed by atoms with Crippen LogP contribution in [-0.4, -0.2) is 27.3 Å². The molecule has 0 saturated heterocycles. The van der Waals surface area contributed by atoms with E-state index < -0.39 is 0 Å². The number of rotatable bonds is 5. The predicted molar refractivity (Wildman–Crippen MR) is 128 cm³/mol. The van der Waals surface area contributed by atoms with Gasteiger partial charge in [0.1, 0.15) is 11.6 Å². The van der Waals surface area contributed by atoms with Crippen LogP contribution in [0.15, 0.2) is 59.6 Å². The van der Waals surface area contributed by atoms with E-state index in [2.05, 4.69) is 39.0 Å². The number of para-hydroxylation sites is 1. The monoisotopic (exact) mass is 518 g/mol. The third kappa shape index (κ3) is 5.29. The number of benzene rings is 2. The Bertz CT molecular complexity index is 988. The fourth-order valence-corrected chi connectivity index (χ4v) is 3.33. The highest BCUT2D eigenvalue weighted by atomic mass is 127. The molecule has 1 aliphatic heterocycles. The van der Waals surface area contributed by atoms with Gasteiger partial charge in [-0.25, -0.2) is 4.99 Å². The molecule has 0 spiro atoms. The van der Waals surface area contributed by atoms with E-state index >= 15 is 0 Å². The summed E-state index contributed by atoms with van der Waals surface area (Å²) in [6.07, 6.45) is 0.881. The van der Waals surface area contributed by atoms with E-state index in [-0.39, 0.29) is 30.0 Å². The molecule has 1 aromatic heterocycles. The minimum atomic E-state index is 0. The lowest BCUT2D eigenvalue weighted by molar-refractivity contribution is 0.261. The molecule has 0 fully saturated rings. The summed E-state index contributed by atoms with van der Waals surface area (Å²) in [6, 6.07) is 18.5. The van der Waals surface area contributed by atoms with Crippen LogP contribution in [0.3, 0.4) is 0 Å². The highest BCUT2D eigenvalue weighted by molar-refractivity contribution is 14.0. The van der Waals surface area contributed by atoms with Crippen molar-refractivity contribution in [3.8, 4) is 5.75 Å². The van der Waals surface area contributed by atoms with E-state index in [4.69, 9.17) is 9.73 Å². The number of halogens is 1. The highest BCUT2D eigenvalue weighted by Crippen LogP contribution is 2.31. The number of aliphatic imine (C=N–C) groups is 1. The second-order valence-corrected chi connectivity index (χ2v) is 7.10. The highest BCUT2D eigenvalue weighted by Gasteiger charge is 2.22. The first-order valence-electron chi connectivity index (χ1n) is 9.86. The predicted octanol–water partition coefficient (Wildman–Crippen LogP) is 3.50. The average Bonchev–Trinajstić information content (AvgIpc) is 3.08. The summed E-state index contributed by atoms with van der Waals surface area (Å²) < 4.78 is 7.77. The molecule has 0 amide bonds. The van der Waals surface area contributed by atoms with Gasteiger partial charge in [-0.2, -0.15) is 0 Å². The number of nitrogens with zero attached hydrogens (tertiary/aromatic N) is 4. The number of nitrogens with one attached hydrogen (secondary N) is 2. The normalized spacial score (nSPS) is 15.5. The van der Waals surface area contributed by atoms with Crippen molar-refractivity contribution in [1.29, 1.82) is 0 Å². The van der Waals surface area contributed by atoms with E-state index in [0.29, 0.717) is 19.7 Å². The van der Waals surface area contributed by atoms with Crippen molar-refractivity contribution in [3.05, 3.63) is 77.4 Å². The lowest BCUT2D eigenvalue weighted by Gasteiger charge is -2.28. The molecule has 1 aliphatic rings. The fraction of sp³-hybridized carbons (Fsp3) is 0.318. The van der Waals surface area contributed by atoms with Crippen molar-refractivity contribution in [2.45, 2.75) is 32.5 Å². The van der Waals surface area contributed by atoms with Gasteiger partial charge in [0.05, 0.1) is 25.7 Å². The number of hydrogen-bond acceptors (Lipinski definition) is 4. The van der Waals surface area contributed by atoms with Crippen molar-refractivity contribution in [2.24, 2.45) is 12.0 Å². The maximum absolute atomic E-state index is 5.79. The van der Waals surface area contributed by atoms with Gasteiger partial charge >= 0.3 is 0 Å². The first-order valence-corrected chi connectivity index (χ1v) is 9.86. The Balaban J connectivity index is 0.00000256. The Labute approximate surface area is 194 Å². The summed E-state index contributed by atoms with van der Waals surface area (Å²) >= 11 is 0. The second kappa shape index (κ2) is 10.4.